The van der Waals surface area contributed by atoms with E-state index in [-0.39, 0.29) is 0 Å². The van der Waals surface area contributed by atoms with Crippen LogP contribution < -0.4 is 5.32 Å². The van der Waals surface area contributed by atoms with E-state index in [1.807, 2.05) is 6.07 Å². The van der Waals surface area contributed by atoms with Crippen molar-refractivity contribution in [2.24, 2.45) is 5.92 Å². The number of aryl methyl sites for hydroxylation is 1. The maximum absolute atomic E-state index is 6.17. The minimum absolute atomic E-state index is 0.732. The predicted molar refractivity (Wildman–Crippen MR) is 79.8 cm³/mol. The summed E-state index contributed by atoms with van der Waals surface area (Å²) < 4.78 is 1.05. The molecule has 1 rings (SSSR count). The maximum Gasteiger partial charge on any atom is 0.0449 e. The van der Waals surface area contributed by atoms with Gasteiger partial charge in [-0.25, -0.2) is 0 Å². The Labute approximate surface area is 118 Å². The van der Waals surface area contributed by atoms with E-state index in [1.165, 1.54) is 18.4 Å². The Bertz CT molecular complexity index is 339. The molecule has 0 aliphatic rings. The summed E-state index contributed by atoms with van der Waals surface area (Å²) >= 11 is 9.58. The van der Waals surface area contributed by atoms with Gasteiger partial charge in [-0.1, -0.05) is 47.4 Å². The van der Waals surface area contributed by atoms with Crippen LogP contribution in [0, 0.1) is 5.92 Å². The molecule has 0 heterocycles. The van der Waals surface area contributed by atoms with Crippen molar-refractivity contribution >= 4 is 27.5 Å². The molecule has 0 saturated carbocycles. The van der Waals surface area contributed by atoms with Gasteiger partial charge in [0.15, 0.2) is 0 Å². The number of hydrogen-bond donors (Lipinski definition) is 1. The minimum atomic E-state index is 0.732. The van der Waals surface area contributed by atoms with Crippen LogP contribution in [0.1, 0.15) is 32.3 Å². The third-order valence-electron chi connectivity index (χ3n) is 2.62. The SMILES string of the molecule is CC(C)CNCCCCc1ccc(Br)cc1Cl. The van der Waals surface area contributed by atoms with Gasteiger partial charge in [0.25, 0.3) is 0 Å². The molecule has 96 valence electrons. The third-order valence-corrected chi connectivity index (χ3v) is 3.46. The number of benzene rings is 1. The van der Waals surface area contributed by atoms with Crippen LogP contribution in [0.3, 0.4) is 0 Å². The molecule has 0 amide bonds. The van der Waals surface area contributed by atoms with Crippen molar-refractivity contribution in [1.82, 2.24) is 5.32 Å². The molecule has 1 N–H and O–H groups in total. The molecule has 1 aromatic carbocycles. The molecule has 0 atom stereocenters. The highest BCUT2D eigenvalue weighted by atomic mass is 79.9. The summed E-state index contributed by atoms with van der Waals surface area (Å²) in [6, 6.07) is 6.13. The topological polar surface area (TPSA) is 12.0 Å². The zero-order valence-electron chi connectivity index (χ0n) is 10.6. The minimum Gasteiger partial charge on any atom is -0.316 e. The summed E-state index contributed by atoms with van der Waals surface area (Å²) in [5, 5.41) is 4.32. The Kier molecular flexibility index (Phi) is 7.17. The second kappa shape index (κ2) is 8.12. The molecule has 3 heteroatoms. The van der Waals surface area contributed by atoms with Gasteiger partial charge in [0.1, 0.15) is 0 Å². The molecule has 0 aromatic heterocycles. The number of unbranched alkanes of at least 4 members (excludes halogenated alkanes) is 1. The molecular weight excluding hydrogens is 298 g/mol. The van der Waals surface area contributed by atoms with Crippen molar-refractivity contribution in [3.05, 3.63) is 33.3 Å². The van der Waals surface area contributed by atoms with Gasteiger partial charge in [0.2, 0.25) is 0 Å². The van der Waals surface area contributed by atoms with Gasteiger partial charge < -0.3 is 5.32 Å². The molecule has 0 unspecified atom stereocenters. The van der Waals surface area contributed by atoms with Crippen molar-refractivity contribution in [2.75, 3.05) is 13.1 Å². The van der Waals surface area contributed by atoms with E-state index in [4.69, 9.17) is 11.6 Å². The van der Waals surface area contributed by atoms with Gasteiger partial charge in [-0.2, -0.15) is 0 Å². The highest BCUT2D eigenvalue weighted by Gasteiger charge is 2.01. The van der Waals surface area contributed by atoms with Gasteiger partial charge in [-0.05, 0) is 56.0 Å². The van der Waals surface area contributed by atoms with Gasteiger partial charge >= 0.3 is 0 Å². The lowest BCUT2D eigenvalue weighted by molar-refractivity contribution is 0.535. The quantitative estimate of drug-likeness (QED) is 0.720. The summed E-state index contributed by atoms with van der Waals surface area (Å²) in [4.78, 5) is 0. The van der Waals surface area contributed by atoms with Crippen LogP contribution in [0.25, 0.3) is 0 Å². The normalized spacial score (nSPS) is 11.1. The Morgan fingerprint density at radius 2 is 2.06 bits per heavy atom. The van der Waals surface area contributed by atoms with E-state index in [0.717, 1.165) is 34.9 Å². The predicted octanol–water partition coefficient (Wildman–Crippen LogP) is 4.67. The van der Waals surface area contributed by atoms with Crippen LogP contribution in [0.2, 0.25) is 5.02 Å². The van der Waals surface area contributed by atoms with E-state index in [9.17, 15) is 0 Å². The Morgan fingerprint density at radius 1 is 1.29 bits per heavy atom. The fraction of sp³-hybridized carbons (Fsp3) is 0.571. The summed E-state index contributed by atoms with van der Waals surface area (Å²) in [5.41, 5.74) is 1.25. The molecule has 1 aromatic rings. The third kappa shape index (κ3) is 6.44. The van der Waals surface area contributed by atoms with E-state index >= 15 is 0 Å². The zero-order valence-corrected chi connectivity index (χ0v) is 12.9. The Balaban J connectivity index is 2.18. The number of hydrogen-bond acceptors (Lipinski definition) is 1. The van der Waals surface area contributed by atoms with Crippen LogP contribution >= 0.6 is 27.5 Å². The van der Waals surface area contributed by atoms with Crippen LogP contribution in [-0.2, 0) is 6.42 Å². The van der Waals surface area contributed by atoms with E-state index in [0.29, 0.717) is 0 Å². The molecule has 0 fully saturated rings. The lowest BCUT2D eigenvalue weighted by Gasteiger charge is -2.08. The first-order valence-corrected chi connectivity index (χ1v) is 7.41. The standard InChI is InChI=1S/C14H21BrClN/c1-11(2)10-17-8-4-3-5-12-6-7-13(15)9-14(12)16/h6-7,9,11,17H,3-5,8,10H2,1-2H3. The van der Waals surface area contributed by atoms with Crippen molar-refractivity contribution in [3.63, 3.8) is 0 Å². The highest BCUT2D eigenvalue weighted by Crippen LogP contribution is 2.22. The van der Waals surface area contributed by atoms with E-state index in [2.05, 4.69) is 47.2 Å². The first-order valence-electron chi connectivity index (χ1n) is 6.24. The Hall–Kier alpha value is -0.0500. The monoisotopic (exact) mass is 317 g/mol. The average Bonchev–Trinajstić information content (AvgIpc) is 2.25. The number of halogens is 2. The molecule has 0 spiro atoms. The zero-order chi connectivity index (χ0) is 12.7. The van der Waals surface area contributed by atoms with E-state index < -0.39 is 0 Å². The van der Waals surface area contributed by atoms with E-state index in [1.54, 1.807) is 0 Å². The molecule has 1 nitrogen and oxygen atoms in total. The molecule has 0 bridgehead atoms. The van der Waals surface area contributed by atoms with Gasteiger partial charge in [-0.15, -0.1) is 0 Å². The molecule has 0 radical (unpaired) electrons. The lowest BCUT2D eigenvalue weighted by atomic mass is 10.1. The summed E-state index contributed by atoms with van der Waals surface area (Å²) in [5.74, 6) is 0.732. The largest absolute Gasteiger partial charge is 0.316 e. The molecule has 0 saturated heterocycles. The molecule has 0 aliphatic carbocycles. The van der Waals surface area contributed by atoms with Crippen molar-refractivity contribution in [1.29, 1.82) is 0 Å². The second-order valence-corrected chi connectivity index (χ2v) is 6.11. The average molecular weight is 319 g/mol. The van der Waals surface area contributed by atoms with Crippen LogP contribution in [0.5, 0.6) is 0 Å². The Morgan fingerprint density at radius 3 is 2.71 bits per heavy atom. The van der Waals surface area contributed by atoms with Crippen molar-refractivity contribution in [2.45, 2.75) is 33.1 Å². The molecule has 17 heavy (non-hydrogen) atoms. The van der Waals surface area contributed by atoms with Gasteiger partial charge in [0, 0.05) is 9.50 Å². The fourth-order valence-corrected chi connectivity index (χ4v) is 2.45. The first kappa shape index (κ1) is 15.0. The number of rotatable bonds is 7. The molecule has 0 aliphatic heterocycles. The van der Waals surface area contributed by atoms with Crippen LogP contribution in [-0.4, -0.2) is 13.1 Å². The fourth-order valence-electron chi connectivity index (χ4n) is 1.68. The summed E-state index contributed by atoms with van der Waals surface area (Å²) in [6.07, 6.45) is 3.46. The maximum atomic E-state index is 6.17. The highest BCUT2D eigenvalue weighted by molar-refractivity contribution is 9.10. The van der Waals surface area contributed by atoms with Gasteiger partial charge in [-0.3, -0.25) is 0 Å². The van der Waals surface area contributed by atoms with Crippen LogP contribution in [0.15, 0.2) is 22.7 Å². The lowest BCUT2D eigenvalue weighted by Crippen LogP contribution is -2.20. The van der Waals surface area contributed by atoms with Crippen molar-refractivity contribution < 1.29 is 0 Å². The summed E-state index contributed by atoms with van der Waals surface area (Å²) in [7, 11) is 0. The molecular formula is C14H21BrClN. The summed E-state index contributed by atoms with van der Waals surface area (Å²) in [6.45, 7) is 6.68. The van der Waals surface area contributed by atoms with Gasteiger partial charge in [0.05, 0.1) is 0 Å². The first-order chi connectivity index (χ1) is 8.09. The van der Waals surface area contributed by atoms with Crippen LogP contribution in [0.4, 0.5) is 0 Å². The second-order valence-electron chi connectivity index (χ2n) is 4.79. The van der Waals surface area contributed by atoms with Crippen molar-refractivity contribution in [3.8, 4) is 0 Å². The smallest absolute Gasteiger partial charge is 0.0449 e. The number of nitrogens with one attached hydrogen (secondary N) is 1.